The Labute approximate surface area is 105 Å². The van der Waals surface area contributed by atoms with Crippen LogP contribution in [0.3, 0.4) is 0 Å². The standard InChI is InChI=1S/C13H18F3NO/c1-4-9(5-2)10-7-8-11(18-6-3)17-12(10)13(14,15)16/h7-9H,4-6H2,1-3H3. The first-order valence-electron chi connectivity index (χ1n) is 6.14. The zero-order valence-corrected chi connectivity index (χ0v) is 10.8. The zero-order chi connectivity index (χ0) is 13.8. The van der Waals surface area contributed by atoms with Gasteiger partial charge >= 0.3 is 6.18 Å². The van der Waals surface area contributed by atoms with Crippen molar-refractivity contribution in [1.29, 1.82) is 0 Å². The van der Waals surface area contributed by atoms with Crippen molar-refractivity contribution < 1.29 is 17.9 Å². The van der Waals surface area contributed by atoms with E-state index in [4.69, 9.17) is 4.74 Å². The van der Waals surface area contributed by atoms with Gasteiger partial charge in [0, 0.05) is 6.07 Å². The highest BCUT2D eigenvalue weighted by Crippen LogP contribution is 2.37. The Balaban J connectivity index is 3.25. The van der Waals surface area contributed by atoms with Crippen LogP contribution in [-0.4, -0.2) is 11.6 Å². The average molecular weight is 261 g/mol. The second kappa shape index (κ2) is 6.07. The van der Waals surface area contributed by atoms with Gasteiger partial charge in [0.2, 0.25) is 5.88 Å². The number of ether oxygens (including phenoxy) is 1. The van der Waals surface area contributed by atoms with Gasteiger partial charge in [-0.25, -0.2) is 4.98 Å². The molecule has 0 amide bonds. The summed E-state index contributed by atoms with van der Waals surface area (Å²) in [5, 5.41) is 0. The van der Waals surface area contributed by atoms with Gasteiger partial charge in [0.05, 0.1) is 6.61 Å². The first-order valence-corrected chi connectivity index (χ1v) is 6.14. The van der Waals surface area contributed by atoms with Crippen LogP contribution < -0.4 is 4.74 Å². The van der Waals surface area contributed by atoms with Crippen molar-refractivity contribution >= 4 is 0 Å². The molecule has 2 nitrogen and oxygen atoms in total. The largest absolute Gasteiger partial charge is 0.478 e. The van der Waals surface area contributed by atoms with Crippen molar-refractivity contribution in [2.45, 2.75) is 45.7 Å². The maximum atomic E-state index is 13.0. The van der Waals surface area contributed by atoms with Gasteiger partial charge in [0.15, 0.2) is 5.69 Å². The van der Waals surface area contributed by atoms with Crippen LogP contribution in [0.15, 0.2) is 12.1 Å². The Morgan fingerprint density at radius 1 is 1.17 bits per heavy atom. The Morgan fingerprint density at radius 3 is 2.22 bits per heavy atom. The van der Waals surface area contributed by atoms with E-state index in [1.807, 2.05) is 13.8 Å². The van der Waals surface area contributed by atoms with Gasteiger partial charge in [-0.15, -0.1) is 0 Å². The van der Waals surface area contributed by atoms with E-state index in [-0.39, 0.29) is 17.4 Å². The SMILES string of the molecule is CCOc1ccc(C(CC)CC)c(C(F)(F)F)n1. The number of alkyl halides is 3. The van der Waals surface area contributed by atoms with Crippen LogP contribution in [0.2, 0.25) is 0 Å². The molecule has 0 fully saturated rings. The molecule has 0 bridgehead atoms. The van der Waals surface area contributed by atoms with Crippen LogP contribution in [0.4, 0.5) is 13.2 Å². The number of hydrogen-bond acceptors (Lipinski definition) is 2. The number of hydrogen-bond donors (Lipinski definition) is 0. The first kappa shape index (κ1) is 14.8. The van der Waals surface area contributed by atoms with Gasteiger partial charge in [-0.2, -0.15) is 13.2 Å². The summed E-state index contributed by atoms with van der Waals surface area (Å²) in [5.74, 6) is -0.0932. The van der Waals surface area contributed by atoms with E-state index in [9.17, 15) is 13.2 Å². The lowest BCUT2D eigenvalue weighted by Gasteiger charge is -2.19. The molecule has 1 aromatic rings. The number of pyridine rings is 1. The van der Waals surface area contributed by atoms with Crippen molar-refractivity contribution in [2.24, 2.45) is 0 Å². The van der Waals surface area contributed by atoms with Crippen LogP contribution in [0.5, 0.6) is 5.88 Å². The summed E-state index contributed by atoms with van der Waals surface area (Å²) in [6, 6.07) is 2.99. The molecular formula is C13H18F3NO. The third-order valence-electron chi connectivity index (χ3n) is 2.89. The Morgan fingerprint density at radius 2 is 1.78 bits per heavy atom. The van der Waals surface area contributed by atoms with Gasteiger partial charge in [-0.1, -0.05) is 19.9 Å². The molecule has 1 heterocycles. The molecule has 0 aliphatic heterocycles. The number of halogens is 3. The normalized spacial score (nSPS) is 11.9. The summed E-state index contributed by atoms with van der Waals surface area (Å²) in [6.07, 6.45) is -3.12. The minimum absolute atomic E-state index is 0.0273. The Bertz CT molecular complexity index is 386. The highest BCUT2D eigenvalue weighted by molar-refractivity contribution is 5.31. The molecule has 0 saturated carbocycles. The number of nitrogens with zero attached hydrogens (tertiary/aromatic N) is 1. The Kier molecular flexibility index (Phi) is 4.99. The van der Waals surface area contributed by atoms with Gasteiger partial charge < -0.3 is 4.74 Å². The van der Waals surface area contributed by atoms with Gasteiger partial charge in [0.1, 0.15) is 0 Å². The fourth-order valence-corrected chi connectivity index (χ4v) is 1.97. The predicted octanol–water partition coefficient (Wildman–Crippen LogP) is 4.40. The van der Waals surface area contributed by atoms with Gasteiger partial charge in [0.25, 0.3) is 0 Å². The minimum atomic E-state index is -4.44. The van der Waals surface area contributed by atoms with Crippen LogP contribution in [0.25, 0.3) is 0 Å². The number of rotatable bonds is 5. The molecule has 0 aromatic carbocycles. The van der Waals surface area contributed by atoms with Gasteiger partial charge in [-0.3, -0.25) is 0 Å². The fraction of sp³-hybridized carbons (Fsp3) is 0.615. The summed E-state index contributed by atoms with van der Waals surface area (Å²) < 4.78 is 44.0. The lowest BCUT2D eigenvalue weighted by Crippen LogP contribution is -2.15. The molecule has 102 valence electrons. The lowest BCUT2D eigenvalue weighted by molar-refractivity contribution is -0.142. The maximum Gasteiger partial charge on any atom is 0.433 e. The van der Waals surface area contributed by atoms with E-state index < -0.39 is 11.9 Å². The summed E-state index contributed by atoms with van der Waals surface area (Å²) >= 11 is 0. The second-order valence-corrected chi connectivity index (χ2v) is 4.03. The smallest absolute Gasteiger partial charge is 0.433 e. The van der Waals surface area contributed by atoms with E-state index >= 15 is 0 Å². The molecule has 1 rings (SSSR count). The molecule has 0 N–H and O–H groups in total. The topological polar surface area (TPSA) is 22.1 Å². The highest BCUT2D eigenvalue weighted by Gasteiger charge is 2.37. The van der Waals surface area contributed by atoms with E-state index in [0.717, 1.165) is 0 Å². The molecule has 5 heteroatoms. The molecule has 0 spiro atoms. The Hall–Kier alpha value is -1.26. The predicted molar refractivity (Wildman–Crippen MR) is 63.7 cm³/mol. The van der Waals surface area contributed by atoms with Crippen molar-refractivity contribution in [3.63, 3.8) is 0 Å². The van der Waals surface area contributed by atoms with E-state index in [0.29, 0.717) is 19.4 Å². The minimum Gasteiger partial charge on any atom is -0.478 e. The summed E-state index contributed by atoms with van der Waals surface area (Å²) in [7, 11) is 0. The molecule has 0 aliphatic rings. The van der Waals surface area contributed by atoms with Crippen LogP contribution in [0.1, 0.15) is 50.8 Å². The van der Waals surface area contributed by atoms with Crippen molar-refractivity contribution in [3.8, 4) is 5.88 Å². The van der Waals surface area contributed by atoms with Crippen LogP contribution >= 0.6 is 0 Å². The molecule has 1 aromatic heterocycles. The van der Waals surface area contributed by atoms with Crippen LogP contribution in [-0.2, 0) is 6.18 Å². The molecule has 0 atom stereocenters. The first-order chi connectivity index (χ1) is 8.43. The average Bonchev–Trinajstić information content (AvgIpc) is 2.31. The molecule has 18 heavy (non-hydrogen) atoms. The van der Waals surface area contributed by atoms with Crippen molar-refractivity contribution in [1.82, 2.24) is 4.98 Å². The summed E-state index contributed by atoms with van der Waals surface area (Å²) in [4.78, 5) is 3.60. The zero-order valence-electron chi connectivity index (χ0n) is 10.8. The maximum absolute atomic E-state index is 13.0. The third kappa shape index (κ3) is 3.37. The number of aromatic nitrogens is 1. The summed E-state index contributed by atoms with van der Waals surface area (Å²) in [6.45, 7) is 5.77. The molecule has 0 radical (unpaired) electrons. The molecule has 0 saturated heterocycles. The fourth-order valence-electron chi connectivity index (χ4n) is 1.97. The monoisotopic (exact) mass is 261 g/mol. The molecular weight excluding hydrogens is 243 g/mol. The molecule has 0 unspecified atom stereocenters. The quantitative estimate of drug-likeness (QED) is 0.783. The van der Waals surface area contributed by atoms with Gasteiger partial charge in [-0.05, 0) is 31.2 Å². The van der Waals surface area contributed by atoms with E-state index in [1.165, 1.54) is 12.1 Å². The van der Waals surface area contributed by atoms with E-state index in [1.54, 1.807) is 6.92 Å². The van der Waals surface area contributed by atoms with Crippen LogP contribution in [0, 0.1) is 0 Å². The second-order valence-electron chi connectivity index (χ2n) is 4.03. The van der Waals surface area contributed by atoms with Crippen molar-refractivity contribution in [2.75, 3.05) is 6.61 Å². The van der Waals surface area contributed by atoms with Crippen molar-refractivity contribution in [3.05, 3.63) is 23.4 Å². The summed E-state index contributed by atoms with van der Waals surface area (Å²) in [5.41, 5.74) is -0.557. The highest BCUT2D eigenvalue weighted by atomic mass is 19.4. The lowest BCUT2D eigenvalue weighted by atomic mass is 9.92. The molecule has 0 aliphatic carbocycles. The third-order valence-corrected chi connectivity index (χ3v) is 2.89. The van der Waals surface area contributed by atoms with E-state index in [2.05, 4.69) is 4.98 Å².